The molecule has 0 spiro atoms. The largest absolute Gasteiger partial charge is 0.382 e. The van der Waals surface area contributed by atoms with Crippen LogP contribution in [0.3, 0.4) is 0 Å². The van der Waals surface area contributed by atoms with Crippen molar-refractivity contribution in [1.82, 2.24) is 9.78 Å². The van der Waals surface area contributed by atoms with Crippen molar-refractivity contribution < 1.29 is 13.9 Å². The van der Waals surface area contributed by atoms with Crippen LogP contribution >= 0.6 is 0 Å². The summed E-state index contributed by atoms with van der Waals surface area (Å²) >= 11 is 0. The molecular weight excluding hydrogens is 250 g/mol. The molecule has 102 valence electrons. The van der Waals surface area contributed by atoms with Gasteiger partial charge in [-0.05, 0) is 19.4 Å². The second-order valence-corrected chi connectivity index (χ2v) is 4.51. The normalized spacial score (nSPS) is 12.9. The minimum absolute atomic E-state index is 0.228. The van der Waals surface area contributed by atoms with Crippen molar-refractivity contribution in [2.24, 2.45) is 0 Å². The van der Waals surface area contributed by atoms with E-state index in [1.165, 1.54) is 0 Å². The lowest BCUT2D eigenvalue weighted by Gasteiger charge is -2.10. The Hall–Kier alpha value is -1.75. The molecule has 0 aliphatic heterocycles. The van der Waals surface area contributed by atoms with E-state index in [2.05, 4.69) is 5.10 Å². The summed E-state index contributed by atoms with van der Waals surface area (Å²) in [7, 11) is 0. The molecule has 1 atom stereocenters. The maximum atomic E-state index is 12.6. The highest BCUT2D eigenvalue weighted by atomic mass is 19.3. The van der Waals surface area contributed by atoms with Crippen molar-refractivity contribution in [3.8, 4) is 0 Å². The van der Waals surface area contributed by atoms with Crippen LogP contribution in [0.15, 0.2) is 30.3 Å². The van der Waals surface area contributed by atoms with Gasteiger partial charge in [-0.2, -0.15) is 5.10 Å². The van der Waals surface area contributed by atoms with E-state index in [9.17, 15) is 13.9 Å². The third-order valence-electron chi connectivity index (χ3n) is 3.15. The van der Waals surface area contributed by atoms with Gasteiger partial charge in [0.25, 0.3) is 6.43 Å². The van der Waals surface area contributed by atoms with Crippen molar-refractivity contribution >= 4 is 0 Å². The van der Waals surface area contributed by atoms with E-state index in [4.69, 9.17) is 0 Å². The zero-order valence-corrected chi connectivity index (χ0v) is 10.8. The van der Waals surface area contributed by atoms with Gasteiger partial charge >= 0.3 is 0 Å². The summed E-state index contributed by atoms with van der Waals surface area (Å²) in [5.74, 6) is 0. The van der Waals surface area contributed by atoms with Crippen LogP contribution < -0.4 is 0 Å². The molecule has 0 aliphatic rings. The van der Waals surface area contributed by atoms with Gasteiger partial charge < -0.3 is 5.11 Å². The molecule has 0 saturated heterocycles. The Balaban J connectivity index is 2.31. The minimum atomic E-state index is -2.80. The average molecular weight is 266 g/mol. The number of hydrogen-bond donors (Lipinski definition) is 1. The molecular formula is C14H16F2N2O. The average Bonchev–Trinajstić information content (AvgIpc) is 2.65. The Bertz CT molecular complexity index is 552. The molecule has 5 heteroatoms. The maximum absolute atomic E-state index is 12.6. The van der Waals surface area contributed by atoms with Gasteiger partial charge in [0.05, 0.1) is 12.2 Å². The van der Waals surface area contributed by atoms with Crippen LogP contribution in [0.1, 0.15) is 28.6 Å². The highest BCUT2D eigenvalue weighted by Crippen LogP contribution is 2.26. The zero-order valence-electron chi connectivity index (χ0n) is 10.8. The van der Waals surface area contributed by atoms with Crippen LogP contribution in [0.4, 0.5) is 8.78 Å². The van der Waals surface area contributed by atoms with Crippen LogP contribution in [0.2, 0.25) is 0 Å². The monoisotopic (exact) mass is 266 g/mol. The van der Waals surface area contributed by atoms with Gasteiger partial charge in [0.2, 0.25) is 0 Å². The first-order chi connectivity index (χ1) is 9.00. The maximum Gasteiger partial charge on any atom is 0.268 e. The number of aliphatic hydroxyl groups excluding tert-OH is 1. The molecule has 0 radical (unpaired) electrons. The van der Waals surface area contributed by atoms with E-state index in [1.54, 1.807) is 18.5 Å². The number of aliphatic hydroxyl groups is 1. The van der Waals surface area contributed by atoms with Crippen molar-refractivity contribution in [3.05, 3.63) is 52.8 Å². The predicted octanol–water partition coefficient (Wildman–Crippen LogP) is 2.85. The molecule has 0 amide bonds. The predicted molar refractivity (Wildman–Crippen MR) is 68.2 cm³/mol. The zero-order chi connectivity index (χ0) is 14.0. The van der Waals surface area contributed by atoms with E-state index < -0.39 is 12.5 Å². The highest BCUT2D eigenvalue weighted by Gasteiger charge is 2.26. The summed E-state index contributed by atoms with van der Waals surface area (Å²) in [5.41, 5.74) is 2.28. The van der Waals surface area contributed by atoms with E-state index in [-0.39, 0.29) is 5.56 Å². The highest BCUT2D eigenvalue weighted by molar-refractivity contribution is 5.28. The molecule has 2 rings (SSSR count). The van der Waals surface area contributed by atoms with E-state index in [0.29, 0.717) is 17.9 Å². The Morgan fingerprint density at radius 1 is 1.21 bits per heavy atom. The Morgan fingerprint density at radius 2 is 1.84 bits per heavy atom. The smallest absolute Gasteiger partial charge is 0.268 e. The van der Waals surface area contributed by atoms with Crippen LogP contribution in [-0.2, 0) is 6.54 Å². The fraction of sp³-hybridized carbons (Fsp3) is 0.357. The number of benzene rings is 1. The van der Waals surface area contributed by atoms with Crippen molar-refractivity contribution in [3.63, 3.8) is 0 Å². The molecule has 0 saturated carbocycles. The Morgan fingerprint density at radius 3 is 2.42 bits per heavy atom. The van der Waals surface area contributed by atoms with Gasteiger partial charge in [0.1, 0.15) is 6.10 Å². The van der Waals surface area contributed by atoms with Crippen LogP contribution in [0.25, 0.3) is 0 Å². The molecule has 1 unspecified atom stereocenters. The number of aryl methyl sites for hydroxylation is 1. The SMILES string of the molecule is Cc1nn(Cc2ccccc2)c(C)c1C(O)C(F)F. The summed E-state index contributed by atoms with van der Waals surface area (Å²) in [6.45, 7) is 3.84. The lowest BCUT2D eigenvalue weighted by Crippen LogP contribution is -2.11. The van der Waals surface area contributed by atoms with E-state index in [0.717, 1.165) is 5.56 Å². The van der Waals surface area contributed by atoms with E-state index in [1.807, 2.05) is 30.3 Å². The minimum Gasteiger partial charge on any atom is -0.382 e. The summed E-state index contributed by atoms with van der Waals surface area (Å²) < 4.78 is 26.9. The Kier molecular flexibility index (Phi) is 3.95. The lowest BCUT2D eigenvalue weighted by atomic mass is 10.1. The summed E-state index contributed by atoms with van der Waals surface area (Å²) in [6, 6.07) is 9.63. The van der Waals surface area contributed by atoms with Gasteiger partial charge in [0.15, 0.2) is 0 Å². The van der Waals surface area contributed by atoms with Crippen molar-refractivity contribution in [1.29, 1.82) is 0 Å². The third kappa shape index (κ3) is 2.81. The molecule has 0 fully saturated rings. The molecule has 0 bridgehead atoms. The van der Waals surface area contributed by atoms with Gasteiger partial charge in [-0.1, -0.05) is 30.3 Å². The van der Waals surface area contributed by atoms with Gasteiger partial charge in [-0.25, -0.2) is 8.78 Å². The van der Waals surface area contributed by atoms with Crippen LogP contribution in [0.5, 0.6) is 0 Å². The first kappa shape index (κ1) is 13.7. The number of aromatic nitrogens is 2. The molecule has 1 aromatic carbocycles. The summed E-state index contributed by atoms with van der Waals surface area (Å²) in [6.07, 6.45) is -4.57. The Labute approximate surface area is 110 Å². The fourth-order valence-electron chi connectivity index (χ4n) is 2.18. The summed E-state index contributed by atoms with van der Waals surface area (Å²) in [5, 5.41) is 13.8. The molecule has 19 heavy (non-hydrogen) atoms. The van der Waals surface area contributed by atoms with E-state index >= 15 is 0 Å². The first-order valence-electron chi connectivity index (χ1n) is 6.04. The number of hydrogen-bond acceptors (Lipinski definition) is 2. The molecule has 2 aromatic rings. The van der Waals surface area contributed by atoms with Gasteiger partial charge in [-0.15, -0.1) is 0 Å². The second kappa shape index (κ2) is 5.48. The quantitative estimate of drug-likeness (QED) is 0.924. The summed E-state index contributed by atoms with van der Waals surface area (Å²) in [4.78, 5) is 0. The number of halogens is 2. The second-order valence-electron chi connectivity index (χ2n) is 4.51. The molecule has 1 aromatic heterocycles. The van der Waals surface area contributed by atoms with Crippen molar-refractivity contribution in [2.45, 2.75) is 32.9 Å². The van der Waals surface area contributed by atoms with Gasteiger partial charge in [0, 0.05) is 11.3 Å². The standard InChI is InChI=1S/C14H16F2N2O/c1-9-12(13(19)14(15)16)10(2)18(17-9)8-11-6-4-3-5-7-11/h3-7,13-14,19H,8H2,1-2H3. The fourth-order valence-corrected chi connectivity index (χ4v) is 2.18. The van der Waals surface area contributed by atoms with Crippen LogP contribution in [-0.4, -0.2) is 21.3 Å². The molecule has 1 heterocycles. The van der Waals surface area contributed by atoms with Crippen LogP contribution in [0, 0.1) is 13.8 Å². The lowest BCUT2D eigenvalue weighted by molar-refractivity contribution is -0.00653. The molecule has 0 aliphatic carbocycles. The number of alkyl halides is 2. The topological polar surface area (TPSA) is 38.0 Å². The van der Waals surface area contributed by atoms with Crippen molar-refractivity contribution in [2.75, 3.05) is 0 Å². The molecule has 1 N–H and O–H groups in total. The first-order valence-corrected chi connectivity index (χ1v) is 6.04. The molecule has 3 nitrogen and oxygen atoms in total. The van der Waals surface area contributed by atoms with Gasteiger partial charge in [-0.3, -0.25) is 4.68 Å². The number of rotatable bonds is 4. The number of nitrogens with zero attached hydrogens (tertiary/aromatic N) is 2. The third-order valence-corrected chi connectivity index (χ3v) is 3.15.